The highest BCUT2D eigenvalue weighted by Crippen LogP contribution is 2.20. The second kappa shape index (κ2) is 13.1. The number of aromatic nitrogens is 4. The lowest BCUT2D eigenvalue weighted by Gasteiger charge is -2.29. The number of nitrogens with zero attached hydrogens (tertiary/aromatic N) is 3. The molecule has 0 spiro atoms. The predicted octanol–water partition coefficient (Wildman–Crippen LogP) is -0.956. The van der Waals surface area contributed by atoms with Crippen LogP contribution >= 0.6 is 11.8 Å². The summed E-state index contributed by atoms with van der Waals surface area (Å²) in [5.41, 5.74) is 7.19. The number of carboxylic acids is 1. The highest BCUT2D eigenvalue weighted by Gasteiger charge is 2.39. The second-order valence-corrected chi connectivity index (χ2v) is 9.59. The SMILES string of the molecule is CSCCC(N)C(=O)NC(Cc1cnc[nH]1)C(=O)N1CCCC1C(=O)NC(Cc1cnc[nH]1)C(=O)O. The molecule has 0 bridgehead atoms. The van der Waals surface area contributed by atoms with Gasteiger partial charge in [-0.2, -0.15) is 11.8 Å². The standard InChI is InChI=1S/C22H32N8O5S/c1-36-6-4-15(23)19(31)28-16(7-13-9-24-11-26-13)21(33)30-5-2-3-18(30)20(32)29-17(22(34)35)8-14-10-25-12-27-14/h9-12,15-18H,2-8,23H2,1H3,(H,24,26)(H,25,27)(H,28,31)(H,29,32)(H,34,35). The number of amides is 3. The molecule has 1 saturated heterocycles. The third kappa shape index (κ3) is 7.31. The van der Waals surface area contributed by atoms with E-state index in [0.29, 0.717) is 42.9 Å². The maximum Gasteiger partial charge on any atom is 0.326 e. The molecule has 7 N–H and O–H groups in total. The number of nitrogens with two attached hydrogens (primary N) is 1. The Morgan fingerprint density at radius 1 is 1.14 bits per heavy atom. The lowest BCUT2D eigenvalue weighted by atomic mass is 10.1. The third-order valence-electron chi connectivity index (χ3n) is 6.00. The first kappa shape index (κ1) is 27.2. The molecule has 0 saturated carbocycles. The largest absolute Gasteiger partial charge is 0.480 e. The van der Waals surface area contributed by atoms with Gasteiger partial charge in [-0.25, -0.2) is 14.8 Å². The van der Waals surface area contributed by atoms with E-state index in [1.54, 1.807) is 18.0 Å². The van der Waals surface area contributed by atoms with E-state index in [-0.39, 0.29) is 12.8 Å². The van der Waals surface area contributed by atoms with Crippen molar-refractivity contribution in [2.75, 3.05) is 18.6 Å². The molecule has 2 aromatic rings. The van der Waals surface area contributed by atoms with Crippen LogP contribution in [0.1, 0.15) is 30.7 Å². The Labute approximate surface area is 212 Å². The van der Waals surface area contributed by atoms with Gasteiger partial charge in [-0.1, -0.05) is 0 Å². The molecule has 1 fully saturated rings. The number of nitrogens with one attached hydrogen (secondary N) is 4. The van der Waals surface area contributed by atoms with E-state index in [9.17, 15) is 24.3 Å². The van der Waals surface area contributed by atoms with Crippen molar-refractivity contribution in [2.45, 2.75) is 56.3 Å². The summed E-state index contributed by atoms with van der Waals surface area (Å²) in [6.07, 6.45) is 9.43. The van der Waals surface area contributed by atoms with Crippen LogP contribution in [0.5, 0.6) is 0 Å². The Hall–Kier alpha value is -3.39. The van der Waals surface area contributed by atoms with E-state index >= 15 is 0 Å². The molecule has 0 aliphatic carbocycles. The summed E-state index contributed by atoms with van der Waals surface area (Å²) in [7, 11) is 0. The fourth-order valence-corrected chi connectivity index (χ4v) is 4.55. The topological polar surface area (TPSA) is 199 Å². The number of imidazole rings is 2. The first-order valence-electron chi connectivity index (χ1n) is 11.6. The van der Waals surface area contributed by atoms with Gasteiger partial charge in [0.1, 0.15) is 18.1 Å². The number of hydrogen-bond acceptors (Lipinski definition) is 8. The van der Waals surface area contributed by atoms with Gasteiger partial charge >= 0.3 is 5.97 Å². The van der Waals surface area contributed by atoms with Crippen molar-refractivity contribution in [3.05, 3.63) is 36.4 Å². The minimum absolute atomic E-state index is 0.0220. The van der Waals surface area contributed by atoms with Crippen LogP contribution in [0, 0.1) is 0 Å². The van der Waals surface area contributed by atoms with E-state index in [1.165, 1.54) is 23.8 Å². The zero-order chi connectivity index (χ0) is 26.1. The van der Waals surface area contributed by atoms with Gasteiger partial charge in [-0.15, -0.1) is 0 Å². The molecule has 3 heterocycles. The van der Waals surface area contributed by atoms with Crippen molar-refractivity contribution in [3.63, 3.8) is 0 Å². The zero-order valence-corrected chi connectivity index (χ0v) is 20.8. The fraction of sp³-hybridized carbons (Fsp3) is 0.545. The Morgan fingerprint density at radius 2 is 1.78 bits per heavy atom. The molecule has 2 aromatic heterocycles. The quantitative estimate of drug-likeness (QED) is 0.192. The van der Waals surface area contributed by atoms with Crippen molar-refractivity contribution >= 4 is 35.5 Å². The maximum absolute atomic E-state index is 13.6. The molecule has 1 aliphatic heterocycles. The Morgan fingerprint density at radius 3 is 2.33 bits per heavy atom. The molecule has 4 unspecified atom stereocenters. The lowest BCUT2D eigenvalue weighted by Crippen LogP contribution is -2.57. The van der Waals surface area contributed by atoms with Crippen LogP contribution in [0.15, 0.2) is 25.0 Å². The van der Waals surface area contributed by atoms with Gasteiger partial charge in [0.25, 0.3) is 0 Å². The molecule has 13 nitrogen and oxygen atoms in total. The first-order valence-corrected chi connectivity index (χ1v) is 13.0. The van der Waals surface area contributed by atoms with Crippen molar-refractivity contribution in [1.82, 2.24) is 35.5 Å². The monoisotopic (exact) mass is 520 g/mol. The van der Waals surface area contributed by atoms with Gasteiger partial charge in [0.05, 0.1) is 18.7 Å². The molecule has 3 amide bonds. The smallest absolute Gasteiger partial charge is 0.326 e. The molecule has 196 valence electrons. The normalized spacial score (nSPS) is 17.8. The highest BCUT2D eigenvalue weighted by molar-refractivity contribution is 7.98. The molecule has 14 heteroatoms. The minimum atomic E-state index is -1.20. The highest BCUT2D eigenvalue weighted by atomic mass is 32.2. The van der Waals surface area contributed by atoms with Crippen LogP contribution < -0.4 is 16.4 Å². The Balaban J connectivity index is 1.71. The minimum Gasteiger partial charge on any atom is -0.480 e. The fourth-order valence-electron chi connectivity index (χ4n) is 4.06. The number of rotatable bonds is 13. The van der Waals surface area contributed by atoms with E-state index in [0.717, 1.165) is 0 Å². The van der Waals surface area contributed by atoms with E-state index < -0.39 is 47.9 Å². The summed E-state index contributed by atoms with van der Waals surface area (Å²) in [6, 6.07) is -3.78. The van der Waals surface area contributed by atoms with Crippen molar-refractivity contribution in [1.29, 1.82) is 0 Å². The maximum atomic E-state index is 13.6. The Bertz CT molecular complexity index is 1020. The number of carbonyl (C=O) groups is 4. The molecule has 1 aliphatic rings. The number of aliphatic carboxylic acids is 1. The van der Waals surface area contributed by atoms with E-state index in [4.69, 9.17) is 5.73 Å². The van der Waals surface area contributed by atoms with Crippen LogP contribution in [0.4, 0.5) is 0 Å². The molecular formula is C22H32N8O5S. The van der Waals surface area contributed by atoms with Crippen molar-refractivity contribution in [3.8, 4) is 0 Å². The Kier molecular flexibility index (Phi) is 9.87. The van der Waals surface area contributed by atoms with Gasteiger partial charge in [-0.3, -0.25) is 14.4 Å². The van der Waals surface area contributed by atoms with Gasteiger partial charge in [0.15, 0.2) is 0 Å². The second-order valence-electron chi connectivity index (χ2n) is 8.60. The summed E-state index contributed by atoms with van der Waals surface area (Å²) >= 11 is 1.57. The van der Waals surface area contributed by atoms with Gasteiger partial charge in [0, 0.05) is 43.2 Å². The molecule has 3 rings (SSSR count). The van der Waals surface area contributed by atoms with Gasteiger partial charge in [-0.05, 0) is 31.3 Å². The predicted molar refractivity (Wildman–Crippen MR) is 132 cm³/mol. The van der Waals surface area contributed by atoms with Crippen molar-refractivity contribution in [2.24, 2.45) is 5.73 Å². The van der Waals surface area contributed by atoms with Crippen LogP contribution in [-0.2, 0) is 32.0 Å². The molecule has 4 atom stereocenters. The lowest BCUT2D eigenvalue weighted by molar-refractivity contribution is -0.144. The summed E-state index contributed by atoms with van der Waals surface area (Å²) in [5.74, 6) is -1.94. The number of hydrogen-bond donors (Lipinski definition) is 6. The number of thioether (sulfide) groups is 1. The van der Waals surface area contributed by atoms with Crippen LogP contribution in [0.2, 0.25) is 0 Å². The third-order valence-corrected chi connectivity index (χ3v) is 6.64. The molecular weight excluding hydrogens is 488 g/mol. The first-order chi connectivity index (χ1) is 17.3. The summed E-state index contributed by atoms with van der Waals surface area (Å²) in [4.78, 5) is 66.0. The summed E-state index contributed by atoms with van der Waals surface area (Å²) in [6.45, 7) is 0.309. The van der Waals surface area contributed by atoms with Gasteiger partial charge in [0.2, 0.25) is 17.7 Å². The van der Waals surface area contributed by atoms with Gasteiger partial charge < -0.3 is 36.3 Å². The number of carboxylic acid groups (broad SMARTS) is 1. The van der Waals surface area contributed by atoms with Crippen molar-refractivity contribution < 1.29 is 24.3 Å². The number of carbonyl (C=O) groups excluding carboxylic acids is 3. The molecule has 36 heavy (non-hydrogen) atoms. The summed E-state index contributed by atoms with van der Waals surface area (Å²) in [5, 5.41) is 14.9. The van der Waals surface area contributed by atoms with Crippen LogP contribution in [0.25, 0.3) is 0 Å². The van der Waals surface area contributed by atoms with Crippen LogP contribution in [0.3, 0.4) is 0 Å². The van der Waals surface area contributed by atoms with E-state index in [2.05, 4.69) is 30.6 Å². The average molecular weight is 521 g/mol. The number of aromatic amines is 2. The van der Waals surface area contributed by atoms with Crippen LogP contribution in [-0.4, -0.2) is 96.4 Å². The molecule has 0 aromatic carbocycles. The molecule has 0 radical (unpaired) electrons. The zero-order valence-electron chi connectivity index (χ0n) is 20.0. The summed E-state index contributed by atoms with van der Waals surface area (Å²) < 4.78 is 0. The van der Waals surface area contributed by atoms with E-state index in [1.807, 2.05) is 6.26 Å². The average Bonchev–Trinajstić information content (AvgIpc) is 3.64. The number of H-pyrrole nitrogens is 2. The number of likely N-dealkylation sites (tertiary alicyclic amines) is 1.